The maximum absolute atomic E-state index is 11.1. The van der Waals surface area contributed by atoms with Crippen molar-refractivity contribution < 1.29 is 4.79 Å². The lowest BCUT2D eigenvalue weighted by molar-refractivity contribution is -0.118. The molecule has 0 aromatic carbocycles. The zero-order chi connectivity index (χ0) is 12.1. The number of hydrogen-bond acceptors (Lipinski definition) is 6. The van der Waals surface area contributed by atoms with Crippen molar-refractivity contribution >= 4 is 17.7 Å². The molecule has 8 heteroatoms. The average Bonchev–Trinajstić information content (AvgIpc) is 3.05. The van der Waals surface area contributed by atoms with Crippen molar-refractivity contribution in [1.82, 2.24) is 30.8 Å². The molecular weight excluding hydrogens is 240 g/mol. The highest BCUT2D eigenvalue weighted by molar-refractivity contribution is 7.99. The molecule has 2 rings (SSSR count). The molecule has 1 aromatic rings. The molecule has 0 aliphatic heterocycles. The van der Waals surface area contributed by atoms with Gasteiger partial charge in [-0.25, -0.2) is 4.68 Å². The summed E-state index contributed by atoms with van der Waals surface area (Å²) in [4.78, 5) is 11.1. The summed E-state index contributed by atoms with van der Waals surface area (Å²) in [5, 5.41) is 18.1. The molecule has 0 bridgehead atoms. The molecule has 7 nitrogen and oxygen atoms in total. The number of nitrogens with one attached hydrogen (secondary N) is 2. The van der Waals surface area contributed by atoms with Crippen molar-refractivity contribution in [2.45, 2.75) is 30.6 Å². The molecule has 0 radical (unpaired) electrons. The Morgan fingerprint density at radius 3 is 3.12 bits per heavy atom. The first-order valence-electron chi connectivity index (χ1n) is 5.62. The van der Waals surface area contributed by atoms with Gasteiger partial charge in [0.05, 0.1) is 12.3 Å². The zero-order valence-electron chi connectivity index (χ0n) is 9.72. The van der Waals surface area contributed by atoms with Crippen LogP contribution in [0.4, 0.5) is 0 Å². The first-order valence-corrected chi connectivity index (χ1v) is 6.61. The van der Waals surface area contributed by atoms with Crippen LogP contribution in [-0.2, 0) is 11.3 Å². The molecule has 1 amide bonds. The van der Waals surface area contributed by atoms with Crippen molar-refractivity contribution in [3.05, 3.63) is 0 Å². The van der Waals surface area contributed by atoms with E-state index in [1.807, 2.05) is 0 Å². The quantitative estimate of drug-likeness (QED) is 0.625. The van der Waals surface area contributed by atoms with Gasteiger partial charge >= 0.3 is 0 Å². The summed E-state index contributed by atoms with van der Waals surface area (Å²) in [6.07, 6.45) is 2.54. The van der Waals surface area contributed by atoms with Crippen LogP contribution in [-0.4, -0.2) is 51.5 Å². The van der Waals surface area contributed by atoms with Gasteiger partial charge in [0.1, 0.15) is 0 Å². The average molecular weight is 256 g/mol. The van der Waals surface area contributed by atoms with Gasteiger partial charge in [-0.15, -0.1) is 5.10 Å². The lowest BCUT2D eigenvalue weighted by atomic mass is 10.6. The van der Waals surface area contributed by atoms with Gasteiger partial charge in [0.15, 0.2) is 0 Å². The van der Waals surface area contributed by atoms with Crippen LogP contribution in [0.15, 0.2) is 5.16 Å². The van der Waals surface area contributed by atoms with Crippen molar-refractivity contribution in [3.63, 3.8) is 0 Å². The Hall–Kier alpha value is -1.15. The van der Waals surface area contributed by atoms with Gasteiger partial charge in [-0.3, -0.25) is 4.79 Å². The van der Waals surface area contributed by atoms with E-state index in [9.17, 15) is 4.79 Å². The van der Waals surface area contributed by atoms with E-state index in [1.165, 1.54) is 24.6 Å². The second kappa shape index (κ2) is 5.97. The molecule has 1 fully saturated rings. The van der Waals surface area contributed by atoms with E-state index in [4.69, 9.17) is 0 Å². The number of nitrogens with zero attached hydrogens (tertiary/aromatic N) is 4. The summed E-state index contributed by atoms with van der Waals surface area (Å²) in [6, 6.07) is 0.688. The maximum atomic E-state index is 11.1. The Kier molecular flexibility index (Phi) is 4.32. The van der Waals surface area contributed by atoms with Crippen LogP contribution < -0.4 is 10.6 Å². The minimum absolute atomic E-state index is 0.0272. The van der Waals surface area contributed by atoms with Crippen molar-refractivity contribution in [3.8, 4) is 0 Å². The van der Waals surface area contributed by atoms with E-state index in [0.29, 0.717) is 17.0 Å². The number of thioether (sulfide) groups is 1. The molecule has 1 saturated carbocycles. The van der Waals surface area contributed by atoms with Crippen molar-refractivity contribution in [1.29, 1.82) is 0 Å². The van der Waals surface area contributed by atoms with Crippen LogP contribution in [0.2, 0.25) is 0 Å². The first-order chi connectivity index (χ1) is 8.29. The molecule has 1 aliphatic carbocycles. The van der Waals surface area contributed by atoms with Crippen LogP contribution in [0.25, 0.3) is 0 Å². The minimum Gasteiger partial charge on any atom is -0.358 e. The highest BCUT2D eigenvalue weighted by Gasteiger charge is 2.20. The first kappa shape index (κ1) is 12.3. The highest BCUT2D eigenvalue weighted by atomic mass is 32.2. The zero-order valence-corrected chi connectivity index (χ0v) is 10.5. The largest absolute Gasteiger partial charge is 0.358 e. The third-order valence-corrected chi connectivity index (χ3v) is 3.40. The summed E-state index contributed by atoms with van der Waals surface area (Å²) in [7, 11) is 1.62. The fraction of sp³-hybridized carbons (Fsp3) is 0.778. The van der Waals surface area contributed by atoms with E-state index in [0.717, 1.165) is 13.1 Å². The van der Waals surface area contributed by atoms with Crippen LogP contribution in [0, 0.1) is 0 Å². The van der Waals surface area contributed by atoms with Gasteiger partial charge in [0.2, 0.25) is 11.1 Å². The molecule has 2 N–H and O–H groups in total. The number of tetrazole rings is 1. The van der Waals surface area contributed by atoms with Crippen LogP contribution in [0.1, 0.15) is 12.8 Å². The molecule has 94 valence electrons. The Labute approximate surface area is 104 Å². The molecule has 1 heterocycles. The fourth-order valence-electron chi connectivity index (χ4n) is 1.30. The SMILES string of the molecule is CNC(=O)CSc1nnnn1CCNC1CC1. The summed E-state index contributed by atoms with van der Waals surface area (Å²) in [5.74, 6) is 0.313. The second-order valence-electron chi connectivity index (χ2n) is 3.87. The summed E-state index contributed by atoms with van der Waals surface area (Å²) < 4.78 is 1.73. The number of aromatic nitrogens is 4. The van der Waals surface area contributed by atoms with E-state index < -0.39 is 0 Å². The monoisotopic (exact) mass is 256 g/mol. The number of carbonyl (C=O) groups excluding carboxylic acids is 1. The Balaban J connectivity index is 1.76. The topological polar surface area (TPSA) is 84.7 Å². The highest BCUT2D eigenvalue weighted by Crippen LogP contribution is 2.18. The third-order valence-electron chi connectivity index (χ3n) is 2.44. The number of hydrogen-bond donors (Lipinski definition) is 2. The van der Waals surface area contributed by atoms with Gasteiger partial charge in [-0.2, -0.15) is 0 Å². The summed E-state index contributed by atoms with van der Waals surface area (Å²) in [6.45, 7) is 1.60. The predicted molar refractivity (Wildman–Crippen MR) is 63.6 cm³/mol. The smallest absolute Gasteiger partial charge is 0.230 e. The van der Waals surface area contributed by atoms with Crippen LogP contribution in [0.3, 0.4) is 0 Å². The molecule has 0 spiro atoms. The van der Waals surface area contributed by atoms with Gasteiger partial charge < -0.3 is 10.6 Å². The fourth-order valence-corrected chi connectivity index (χ4v) is 2.08. The molecule has 1 aliphatic rings. The summed E-state index contributed by atoms with van der Waals surface area (Å²) >= 11 is 1.35. The molecule has 0 saturated heterocycles. The Morgan fingerprint density at radius 1 is 1.59 bits per heavy atom. The molecule has 17 heavy (non-hydrogen) atoms. The van der Waals surface area contributed by atoms with E-state index in [1.54, 1.807) is 11.7 Å². The normalized spacial score (nSPS) is 14.9. The van der Waals surface area contributed by atoms with E-state index >= 15 is 0 Å². The maximum Gasteiger partial charge on any atom is 0.230 e. The van der Waals surface area contributed by atoms with E-state index in [2.05, 4.69) is 26.2 Å². The van der Waals surface area contributed by atoms with Gasteiger partial charge in [0.25, 0.3) is 0 Å². The molecule has 0 atom stereocenters. The third kappa shape index (κ3) is 3.97. The second-order valence-corrected chi connectivity index (χ2v) is 4.82. The molecule has 0 unspecified atom stereocenters. The minimum atomic E-state index is -0.0272. The van der Waals surface area contributed by atoms with Crippen LogP contribution in [0.5, 0.6) is 0 Å². The molecule has 1 aromatic heterocycles. The Morgan fingerprint density at radius 2 is 2.41 bits per heavy atom. The van der Waals surface area contributed by atoms with Crippen LogP contribution >= 0.6 is 11.8 Å². The van der Waals surface area contributed by atoms with Crippen molar-refractivity contribution in [2.24, 2.45) is 0 Å². The number of amides is 1. The van der Waals surface area contributed by atoms with Gasteiger partial charge in [-0.05, 0) is 23.3 Å². The van der Waals surface area contributed by atoms with Gasteiger partial charge in [0, 0.05) is 19.6 Å². The molecular formula is C9H16N6OS. The summed E-state index contributed by atoms with van der Waals surface area (Å²) in [5.41, 5.74) is 0. The van der Waals surface area contributed by atoms with Gasteiger partial charge in [-0.1, -0.05) is 11.8 Å². The van der Waals surface area contributed by atoms with E-state index in [-0.39, 0.29) is 5.91 Å². The number of carbonyl (C=O) groups is 1. The lowest BCUT2D eigenvalue weighted by Gasteiger charge is -2.04. The lowest BCUT2D eigenvalue weighted by Crippen LogP contribution is -2.23. The van der Waals surface area contributed by atoms with Crippen molar-refractivity contribution in [2.75, 3.05) is 19.3 Å². The predicted octanol–water partition coefficient (Wildman–Crippen LogP) is -0.737. The standard InChI is InChI=1S/C9H16N6OS/c1-10-8(16)6-17-9-12-13-14-15(9)5-4-11-7-2-3-7/h7,11H,2-6H2,1H3,(H,10,16). The number of rotatable bonds is 7. The Bertz CT molecular complexity index is 377.